The number of aliphatic carboxylic acids is 1. The lowest BCUT2D eigenvalue weighted by molar-refractivity contribution is -0.870. The van der Waals surface area contributed by atoms with E-state index in [-0.39, 0.29) is 38.6 Å². The van der Waals surface area contributed by atoms with Gasteiger partial charge >= 0.3 is 17.9 Å². The number of carboxylic acids is 1. The molecule has 2 atom stereocenters. The van der Waals surface area contributed by atoms with Crippen LogP contribution in [0.1, 0.15) is 174 Å². The molecule has 0 aliphatic carbocycles. The first kappa shape index (κ1) is 56.7. The minimum Gasteiger partial charge on any atom is -0.477 e. The monoisotopic (exact) mass is 843 g/mol. The second-order valence-corrected chi connectivity index (χ2v) is 16.7. The van der Waals surface area contributed by atoms with Gasteiger partial charge in [-0.1, -0.05) is 151 Å². The number of unbranched alkanes of at least 4 members (excludes halogenated alkanes) is 15. The molecule has 0 heterocycles. The number of carbonyl (C=O) groups excluding carboxylic acids is 2. The van der Waals surface area contributed by atoms with Crippen molar-refractivity contribution in [2.24, 2.45) is 0 Å². The van der Waals surface area contributed by atoms with Gasteiger partial charge in [0.2, 0.25) is 0 Å². The maximum atomic E-state index is 12.8. The minimum absolute atomic E-state index is 0.176. The number of nitrogens with zero attached hydrogens (tertiary/aromatic N) is 1. The summed E-state index contributed by atoms with van der Waals surface area (Å²) in [6.07, 6.45) is 49.6. The molecule has 0 saturated heterocycles. The molecule has 0 aromatic rings. The number of rotatable bonds is 42. The summed E-state index contributed by atoms with van der Waals surface area (Å²) in [5.41, 5.74) is 0. The van der Waals surface area contributed by atoms with Crippen LogP contribution in [0.25, 0.3) is 0 Å². The smallest absolute Gasteiger partial charge is 0.361 e. The molecule has 0 radical (unpaired) electrons. The molecule has 0 aromatic carbocycles. The van der Waals surface area contributed by atoms with E-state index in [1.165, 1.54) is 51.4 Å². The van der Waals surface area contributed by atoms with Crippen LogP contribution in [0.15, 0.2) is 72.9 Å². The van der Waals surface area contributed by atoms with E-state index in [1.54, 1.807) is 0 Å². The van der Waals surface area contributed by atoms with E-state index in [2.05, 4.69) is 86.8 Å². The van der Waals surface area contributed by atoms with Crippen molar-refractivity contribution in [3.8, 4) is 0 Å². The molecule has 1 N–H and O–H groups in total. The number of carboxylic acid groups (broad SMARTS) is 1. The molecule has 0 spiro atoms. The average molecular weight is 843 g/mol. The van der Waals surface area contributed by atoms with Gasteiger partial charge in [0.15, 0.2) is 6.10 Å². The molecule has 0 aliphatic heterocycles. The Bertz CT molecular complexity index is 1210. The Morgan fingerprint density at radius 2 is 0.950 bits per heavy atom. The summed E-state index contributed by atoms with van der Waals surface area (Å²) >= 11 is 0. The van der Waals surface area contributed by atoms with Crippen LogP contribution in [0, 0.1) is 0 Å². The quantitative estimate of drug-likeness (QED) is 0.0213. The Hall–Kier alpha value is -3.27. The van der Waals surface area contributed by atoms with Gasteiger partial charge in [-0.15, -0.1) is 0 Å². The number of hydrogen-bond donors (Lipinski definition) is 1. The lowest BCUT2D eigenvalue weighted by Gasteiger charge is -2.25. The van der Waals surface area contributed by atoms with Gasteiger partial charge < -0.3 is 28.5 Å². The highest BCUT2D eigenvalue weighted by Gasteiger charge is 2.25. The third-order valence-corrected chi connectivity index (χ3v) is 9.70. The van der Waals surface area contributed by atoms with E-state index in [1.807, 2.05) is 21.1 Å². The molecule has 0 rings (SSSR count). The Balaban J connectivity index is 4.51. The first-order valence-electron chi connectivity index (χ1n) is 23.6. The summed E-state index contributed by atoms with van der Waals surface area (Å²) in [5.74, 6) is -2.07. The molecule has 0 aliphatic rings. The average Bonchev–Trinajstić information content (AvgIpc) is 3.21. The highest BCUT2D eigenvalue weighted by molar-refractivity contribution is 5.71. The molecular weight excluding hydrogens is 755 g/mol. The van der Waals surface area contributed by atoms with Crippen molar-refractivity contribution >= 4 is 17.9 Å². The minimum atomic E-state index is -1.52. The number of carbonyl (C=O) groups is 3. The first-order chi connectivity index (χ1) is 29.1. The molecule has 0 bridgehead atoms. The number of ether oxygens (including phenoxy) is 4. The maximum Gasteiger partial charge on any atom is 0.361 e. The van der Waals surface area contributed by atoms with Gasteiger partial charge in [-0.3, -0.25) is 9.59 Å². The van der Waals surface area contributed by atoms with Crippen molar-refractivity contribution in [1.82, 2.24) is 0 Å². The van der Waals surface area contributed by atoms with Crippen molar-refractivity contribution in [1.29, 1.82) is 0 Å². The lowest BCUT2D eigenvalue weighted by atomic mass is 10.1. The molecule has 0 amide bonds. The lowest BCUT2D eigenvalue weighted by Crippen LogP contribution is -2.40. The van der Waals surface area contributed by atoms with Gasteiger partial charge in [0, 0.05) is 12.8 Å². The van der Waals surface area contributed by atoms with Crippen molar-refractivity contribution in [3.63, 3.8) is 0 Å². The Morgan fingerprint density at radius 3 is 1.45 bits per heavy atom. The van der Waals surface area contributed by atoms with Crippen LogP contribution in [0.4, 0.5) is 0 Å². The largest absolute Gasteiger partial charge is 0.477 e. The van der Waals surface area contributed by atoms with Crippen LogP contribution in [0.5, 0.6) is 0 Å². The summed E-state index contributed by atoms with van der Waals surface area (Å²) < 4.78 is 22.7. The number of hydrogen-bond acceptors (Lipinski definition) is 7. The Labute approximate surface area is 367 Å². The molecule has 9 nitrogen and oxygen atoms in total. The second-order valence-electron chi connectivity index (χ2n) is 16.7. The van der Waals surface area contributed by atoms with Crippen LogP contribution >= 0.6 is 0 Å². The topological polar surface area (TPSA) is 108 Å². The predicted octanol–water partition coefficient (Wildman–Crippen LogP) is 12.7. The summed E-state index contributed by atoms with van der Waals surface area (Å²) in [6.45, 7) is 4.69. The van der Waals surface area contributed by atoms with Gasteiger partial charge in [-0.25, -0.2) is 4.79 Å². The van der Waals surface area contributed by atoms with Gasteiger partial charge in [-0.05, 0) is 83.5 Å². The number of allylic oxidation sites excluding steroid dienone is 12. The van der Waals surface area contributed by atoms with E-state index in [9.17, 15) is 19.5 Å². The van der Waals surface area contributed by atoms with Gasteiger partial charge in [-0.2, -0.15) is 0 Å². The number of likely N-dealkylation sites (N-methyl/N-ethyl adjacent to an activating group) is 1. The predicted molar refractivity (Wildman–Crippen MR) is 249 cm³/mol. The maximum absolute atomic E-state index is 12.8. The zero-order chi connectivity index (χ0) is 44.2. The summed E-state index contributed by atoms with van der Waals surface area (Å²) in [4.78, 5) is 37.2. The molecule has 0 fully saturated rings. The molecule has 9 heteroatoms. The third-order valence-electron chi connectivity index (χ3n) is 9.70. The van der Waals surface area contributed by atoms with Crippen molar-refractivity contribution in [2.45, 2.75) is 187 Å². The van der Waals surface area contributed by atoms with Gasteiger partial charge in [0.05, 0.1) is 34.4 Å². The first-order valence-corrected chi connectivity index (χ1v) is 23.6. The van der Waals surface area contributed by atoms with E-state index in [0.29, 0.717) is 17.4 Å². The number of quaternary nitrogens is 1. The fourth-order valence-corrected chi connectivity index (χ4v) is 6.03. The van der Waals surface area contributed by atoms with Crippen molar-refractivity contribution in [2.75, 3.05) is 47.5 Å². The van der Waals surface area contributed by atoms with Crippen LogP contribution in [0.3, 0.4) is 0 Å². The molecule has 0 aromatic heterocycles. The van der Waals surface area contributed by atoms with Crippen LogP contribution in [0.2, 0.25) is 0 Å². The molecule has 60 heavy (non-hydrogen) atoms. The Kier molecular flexibility index (Phi) is 40.1. The highest BCUT2D eigenvalue weighted by Crippen LogP contribution is 2.13. The summed E-state index contributed by atoms with van der Waals surface area (Å²) in [7, 11) is 5.94. The SMILES string of the molecule is CC/C=C\C/C=C\C/C=C\C/C=C\C/C=C\CCCCCC(=O)OC(COC(=O)CCCCCCC/C=C\CCCCCCCCC)COC(OCC[N+](C)(C)C)C(=O)O. The van der Waals surface area contributed by atoms with E-state index in [4.69, 9.17) is 18.9 Å². The Morgan fingerprint density at radius 1 is 0.517 bits per heavy atom. The second kappa shape index (κ2) is 42.4. The van der Waals surface area contributed by atoms with E-state index >= 15 is 0 Å². The third kappa shape index (κ3) is 42.8. The fourth-order valence-electron chi connectivity index (χ4n) is 6.03. The molecule has 0 saturated carbocycles. The van der Waals surface area contributed by atoms with Crippen LogP contribution in [-0.2, 0) is 33.3 Å². The normalized spacial score (nSPS) is 13.6. The van der Waals surface area contributed by atoms with Gasteiger partial charge in [0.25, 0.3) is 6.29 Å². The van der Waals surface area contributed by atoms with Crippen molar-refractivity contribution in [3.05, 3.63) is 72.9 Å². The van der Waals surface area contributed by atoms with Crippen LogP contribution < -0.4 is 0 Å². The molecule has 2 unspecified atom stereocenters. The fraction of sp³-hybridized carbons (Fsp3) is 0.706. The molecule has 344 valence electrons. The number of esters is 2. The zero-order valence-electron chi connectivity index (χ0n) is 38.8. The van der Waals surface area contributed by atoms with E-state index in [0.717, 1.165) is 89.9 Å². The zero-order valence-corrected chi connectivity index (χ0v) is 38.8. The van der Waals surface area contributed by atoms with Crippen LogP contribution in [-0.4, -0.2) is 87.4 Å². The van der Waals surface area contributed by atoms with Gasteiger partial charge in [0.1, 0.15) is 13.2 Å². The van der Waals surface area contributed by atoms with Crippen molar-refractivity contribution < 1.29 is 42.9 Å². The molecular formula is C51H88NO8+. The summed E-state index contributed by atoms with van der Waals surface area (Å²) in [6, 6.07) is 0. The highest BCUT2D eigenvalue weighted by atomic mass is 16.7. The standard InChI is InChI=1S/C51H87NO8/c1-6-8-10-12-14-16-18-20-22-24-25-26-28-30-32-34-36-38-40-42-49(54)60-47(46-59-51(50(55)56)57-44-43-52(3,4)5)45-58-48(53)41-39-37-35-33-31-29-27-23-21-19-17-15-13-11-9-7-2/h8,10,14,16,20,22-23,25-27,30,32,47,51H,6-7,9,11-13,15,17-19,21,24,28-29,31,33-46H2,1-5H3/p+1/b10-8-,16-14-,22-20-,26-25-,27-23-,32-30-. The van der Waals surface area contributed by atoms with E-state index < -0.39 is 24.3 Å². The summed E-state index contributed by atoms with van der Waals surface area (Å²) in [5, 5.41) is 9.65.